The molecule has 0 spiro atoms. The van der Waals surface area contributed by atoms with Crippen LogP contribution in [0.15, 0.2) is 6.07 Å². The van der Waals surface area contributed by atoms with Crippen molar-refractivity contribution >= 4 is 11.9 Å². The third kappa shape index (κ3) is 3.43. The van der Waals surface area contributed by atoms with E-state index in [-0.39, 0.29) is 11.9 Å². The molecule has 1 atom stereocenters. The summed E-state index contributed by atoms with van der Waals surface area (Å²) in [6.07, 6.45) is 1.44. The zero-order valence-electron chi connectivity index (χ0n) is 12.1. The number of aryl methyl sites for hydroxylation is 1. The second kappa shape index (κ2) is 5.55. The molecule has 1 aromatic heterocycles. The first kappa shape index (κ1) is 13.8. The van der Waals surface area contributed by atoms with Crippen LogP contribution >= 0.6 is 0 Å². The molecule has 0 radical (unpaired) electrons. The lowest BCUT2D eigenvalue weighted by molar-refractivity contribution is -0.132. The van der Waals surface area contributed by atoms with Crippen LogP contribution in [0, 0.1) is 6.92 Å². The largest absolute Gasteiger partial charge is 0.350 e. The number of rotatable bonds is 3. The molecule has 104 valence electrons. The SMILES string of the molecule is Cc1cc(C(C)C)nc(NC2CCC(=O)N(C)C2)n1. The van der Waals surface area contributed by atoms with Crippen LogP contribution in [0.2, 0.25) is 0 Å². The van der Waals surface area contributed by atoms with E-state index in [4.69, 9.17) is 0 Å². The fourth-order valence-electron chi connectivity index (χ4n) is 2.27. The minimum atomic E-state index is 0.214. The van der Waals surface area contributed by atoms with E-state index in [1.807, 2.05) is 20.0 Å². The highest BCUT2D eigenvalue weighted by molar-refractivity contribution is 5.76. The Bertz CT molecular complexity index is 473. The highest BCUT2D eigenvalue weighted by atomic mass is 16.2. The monoisotopic (exact) mass is 262 g/mol. The summed E-state index contributed by atoms with van der Waals surface area (Å²) in [5.74, 6) is 1.28. The maximum absolute atomic E-state index is 11.5. The van der Waals surface area contributed by atoms with Crippen molar-refractivity contribution in [1.82, 2.24) is 14.9 Å². The van der Waals surface area contributed by atoms with Crippen LogP contribution in [0.3, 0.4) is 0 Å². The Morgan fingerprint density at radius 2 is 2.16 bits per heavy atom. The van der Waals surface area contributed by atoms with E-state index < -0.39 is 0 Å². The maximum atomic E-state index is 11.5. The Morgan fingerprint density at radius 1 is 1.42 bits per heavy atom. The lowest BCUT2D eigenvalue weighted by Gasteiger charge is -2.30. The minimum absolute atomic E-state index is 0.214. The molecule has 1 fully saturated rings. The average molecular weight is 262 g/mol. The summed E-state index contributed by atoms with van der Waals surface area (Å²) in [7, 11) is 1.84. The molecule has 1 N–H and O–H groups in total. The van der Waals surface area contributed by atoms with E-state index >= 15 is 0 Å². The number of likely N-dealkylation sites (tertiary alicyclic amines) is 1. The predicted molar refractivity (Wildman–Crippen MR) is 75.1 cm³/mol. The Morgan fingerprint density at radius 3 is 2.79 bits per heavy atom. The molecule has 2 heterocycles. The van der Waals surface area contributed by atoms with E-state index in [0.29, 0.717) is 24.8 Å². The molecular formula is C14H22N4O. The third-order valence-electron chi connectivity index (χ3n) is 3.43. The average Bonchev–Trinajstić information content (AvgIpc) is 2.33. The van der Waals surface area contributed by atoms with Crippen molar-refractivity contribution < 1.29 is 4.79 Å². The number of carbonyl (C=O) groups excluding carboxylic acids is 1. The summed E-state index contributed by atoms with van der Waals surface area (Å²) < 4.78 is 0. The number of anilines is 1. The van der Waals surface area contributed by atoms with Crippen LogP contribution in [0.5, 0.6) is 0 Å². The van der Waals surface area contributed by atoms with Crippen LogP contribution < -0.4 is 5.32 Å². The van der Waals surface area contributed by atoms with Crippen molar-refractivity contribution in [2.75, 3.05) is 18.9 Å². The van der Waals surface area contributed by atoms with Crippen LogP contribution in [0.25, 0.3) is 0 Å². The maximum Gasteiger partial charge on any atom is 0.223 e. The number of hydrogen-bond acceptors (Lipinski definition) is 4. The van der Waals surface area contributed by atoms with Crippen LogP contribution in [-0.4, -0.2) is 40.4 Å². The summed E-state index contributed by atoms with van der Waals surface area (Å²) in [5, 5.41) is 3.35. The number of carbonyl (C=O) groups is 1. The molecule has 5 nitrogen and oxygen atoms in total. The molecule has 0 aromatic carbocycles. The van der Waals surface area contributed by atoms with Gasteiger partial charge in [-0.15, -0.1) is 0 Å². The molecule has 1 unspecified atom stereocenters. The first-order chi connectivity index (χ1) is 8.95. The van der Waals surface area contributed by atoms with Crippen molar-refractivity contribution in [3.63, 3.8) is 0 Å². The van der Waals surface area contributed by atoms with Gasteiger partial charge in [0.2, 0.25) is 11.9 Å². The molecule has 1 aliphatic heterocycles. The molecule has 5 heteroatoms. The van der Waals surface area contributed by atoms with Gasteiger partial charge in [-0.1, -0.05) is 13.8 Å². The van der Waals surface area contributed by atoms with E-state index in [1.54, 1.807) is 4.90 Å². The minimum Gasteiger partial charge on any atom is -0.350 e. The number of piperidine rings is 1. The van der Waals surface area contributed by atoms with Gasteiger partial charge in [-0.25, -0.2) is 9.97 Å². The molecule has 1 aliphatic rings. The Hall–Kier alpha value is -1.65. The molecule has 1 amide bonds. The van der Waals surface area contributed by atoms with E-state index in [9.17, 15) is 4.79 Å². The van der Waals surface area contributed by atoms with E-state index in [0.717, 1.165) is 17.8 Å². The Labute approximate surface area is 114 Å². The molecule has 0 aliphatic carbocycles. The van der Waals surface area contributed by atoms with Gasteiger partial charge in [0.05, 0.1) is 0 Å². The lowest BCUT2D eigenvalue weighted by Crippen LogP contribution is -2.43. The normalized spacial score (nSPS) is 19.9. The van der Waals surface area contributed by atoms with Gasteiger partial charge in [0.25, 0.3) is 0 Å². The quantitative estimate of drug-likeness (QED) is 0.904. The van der Waals surface area contributed by atoms with Gasteiger partial charge in [0.1, 0.15) is 0 Å². The number of aromatic nitrogens is 2. The fourth-order valence-corrected chi connectivity index (χ4v) is 2.27. The Kier molecular flexibility index (Phi) is 4.02. The summed E-state index contributed by atoms with van der Waals surface area (Å²) >= 11 is 0. The zero-order valence-corrected chi connectivity index (χ0v) is 12.1. The molecule has 1 saturated heterocycles. The predicted octanol–water partition coefficient (Wildman–Crippen LogP) is 1.94. The zero-order chi connectivity index (χ0) is 14.0. The van der Waals surface area contributed by atoms with E-state index in [1.165, 1.54) is 0 Å². The number of amides is 1. The number of likely N-dealkylation sites (N-methyl/N-ethyl adjacent to an activating group) is 1. The number of nitrogens with one attached hydrogen (secondary N) is 1. The van der Waals surface area contributed by atoms with Crippen molar-refractivity contribution in [2.45, 2.75) is 45.6 Å². The number of hydrogen-bond donors (Lipinski definition) is 1. The first-order valence-corrected chi connectivity index (χ1v) is 6.82. The van der Waals surface area contributed by atoms with Gasteiger partial charge in [0, 0.05) is 37.4 Å². The second-order valence-electron chi connectivity index (χ2n) is 5.57. The molecule has 0 bridgehead atoms. The summed E-state index contributed by atoms with van der Waals surface area (Å²) in [6.45, 7) is 6.94. The molecule has 0 saturated carbocycles. The molecule has 19 heavy (non-hydrogen) atoms. The highest BCUT2D eigenvalue weighted by Crippen LogP contribution is 2.17. The van der Waals surface area contributed by atoms with Gasteiger partial charge in [-0.3, -0.25) is 4.79 Å². The van der Waals surface area contributed by atoms with Gasteiger partial charge in [-0.2, -0.15) is 0 Å². The fraction of sp³-hybridized carbons (Fsp3) is 0.643. The topological polar surface area (TPSA) is 58.1 Å². The highest BCUT2D eigenvalue weighted by Gasteiger charge is 2.23. The van der Waals surface area contributed by atoms with Gasteiger partial charge in [-0.05, 0) is 25.3 Å². The molecule has 2 rings (SSSR count). The smallest absolute Gasteiger partial charge is 0.223 e. The summed E-state index contributed by atoms with van der Waals surface area (Å²) in [4.78, 5) is 22.2. The van der Waals surface area contributed by atoms with Crippen LogP contribution in [0.1, 0.15) is 44.0 Å². The van der Waals surface area contributed by atoms with Gasteiger partial charge >= 0.3 is 0 Å². The third-order valence-corrected chi connectivity index (χ3v) is 3.43. The molecular weight excluding hydrogens is 240 g/mol. The summed E-state index contributed by atoms with van der Waals surface area (Å²) in [6, 6.07) is 2.26. The van der Waals surface area contributed by atoms with Gasteiger partial charge in [0.15, 0.2) is 0 Å². The number of nitrogens with zero attached hydrogens (tertiary/aromatic N) is 3. The molecule has 1 aromatic rings. The van der Waals surface area contributed by atoms with Gasteiger partial charge < -0.3 is 10.2 Å². The van der Waals surface area contributed by atoms with Crippen molar-refractivity contribution in [2.24, 2.45) is 0 Å². The first-order valence-electron chi connectivity index (χ1n) is 6.82. The van der Waals surface area contributed by atoms with Crippen molar-refractivity contribution in [1.29, 1.82) is 0 Å². The second-order valence-corrected chi connectivity index (χ2v) is 5.57. The van der Waals surface area contributed by atoms with Crippen molar-refractivity contribution in [3.05, 3.63) is 17.5 Å². The Balaban J connectivity index is 2.08. The van der Waals surface area contributed by atoms with Crippen LogP contribution in [-0.2, 0) is 4.79 Å². The van der Waals surface area contributed by atoms with Crippen LogP contribution in [0.4, 0.5) is 5.95 Å². The van der Waals surface area contributed by atoms with Crippen molar-refractivity contribution in [3.8, 4) is 0 Å². The van der Waals surface area contributed by atoms with E-state index in [2.05, 4.69) is 29.1 Å². The lowest BCUT2D eigenvalue weighted by atomic mass is 10.1. The standard InChI is InChI=1S/C14H22N4O/c1-9(2)12-7-10(3)15-14(17-12)16-11-5-6-13(19)18(4)8-11/h7,9,11H,5-6,8H2,1-4H3,(H,15,16,17). The summed E-state index contributed by atoms with van der Waals surface area (Å²) in [5.41, 5.74) is 2.02.